The van der Waals surface area contributed by atoms with Crippen LogP contribution in [-0.2, 0) is 11.3 Å². The van der Waals surface area contributed by atoms with Gasteiger partial charge in [0.15, 0.2) is 11.5 Å². The Hall–Kier alpha value is -2.48. The zero-order valence-electron chi connectivity index (χ0n) is 18.1. The summed E-state index contributed by atoms with van der Waals surface area (Å²) in [6.07, 6.45) is -0.495. The summed E-state index contributed by atoms with van der Waals surface area (Å²) in [6.45, 7) is 5.37. The van der Waals surface area contributed by atoms with Crippen LogP contribution in [0.4, 0.5) is 5.69 Å². The third-order valence-electron chi connectivity index (χ3n) is 5.42. The van der Waals surface area contributed by atoms with Gasteiger partial charge in [0, 0.05) is 5.69 Å². The SMILES string of the molecule is COc1cc(COC[C@H](O)C[NH+]2CCN(c3ccccc3)CC2)cc(OC)c1OC. The van der Waals surface area contributed by atoms with Crippen molar-refractivity contribution >= 4 is 5.69 Å². The van der Waals surface area contributed by atoms with Gasteiger partial charge in [-0.25, -0.2) is 0 Å². The molecule has 164 valence electrons. The van der Waals surface area contributed by atoms with Crippen LogP contribution in [0, 0.1) is 0 Å². The van der Waals surface area contributed by atoms with Gasteiger partial charge >= 0.3 is 0 Å². The molecule has 0 saturated carbocycles. The van der Waals surface area contributed by atoms with E-state index < -0.39 is 6.10 Å². The molecule has 0 bridgehead atoms. The number of nitrogens with zero attached hydrogens (tertiary/aromatic N) is 1. The quantitative estimate of drug-likeness (QED) is 0.601. The number of rotatable bonds is 10. The summed E-state index contributed by atoms with van der Waals surface area (Å²) in [6, 6.07) is 14.2. The average Bonchev–Trinajstić information content (AvgIpc) is 2.79. The van der Waals surface area contributed by atoms with E-state index in [4.69, 9.17) is 18.9 Å². The van der Waals surface area contributed by atoms with Crippen molar-refractivity contribution in [2.75, 3.05) is 65.6 Å². The van der Waals surface area contributed by atoms with E-state index in [1.165, 1.54) is 10.6 Å². The molecule has 1 heterocycles. The lowest BCUT2D eigenvalue weighted by molar-refractivity contribution is -0.903. The Bertz CT molecular complexity index is 753. The Balaban J connectivity index is 1.43. The average molecular weight is 418 g/mol. The van der Waals surface area contributed by atoms with E-state index in [0.717, 1.165) is 31.7 Å². The molecule has 3 rings (SSSR count). The fourth-order valence-electron chi connectivity index (χ4n) is 3.85. The lowest BCUT2D eigenvalue weighted by Gasteiger charge is -2.34. The van der Waals surface area contributed by atoms with Crippen LogP contribution < -0.4 is 24.0 Å². The molecule has 0 spiro atoms. The van der Waals surface area contributed by atoms with Crippen molar-refractivity contribution in [1.29, 1.82) is 0 Å². The summed E-state index contributed by atoms with van der Waals surface area (Å²) in [7, 11) is 4.76. The summed E-state index contributed by atoms with van der Waals surface area (Å²) in [5.41, 5.74) is 2.17. The second-order valence-corrected chi connectivity index (χ2v) is 7.48. The minimum absolute atomic E-state index is 0.294. The van der Waals surface area contributed by atoms with Gasteiger partial charge in [0.25, 0.3) is 0 Å². The number of quaternary nitrogens is 1. The minimum atomic E-state index is -0.495. The lowest BCUT2D eigenvalue weighted by Crippen LogP contribution is -3.16. The third kappa shape index (κ3) is 5.78. The molecule has 7 heteroatoms. The number of ether oxygens (including phenoxy) is 4. The van der Waals surface area contributed by atoms with Gasteiger partial charge in [0.05, 0.1) is 60.7 Å². The summed E-state index contributed by atoms with van der Waals surface area (Å²) >= 11 is 0. The van der Waals surface area contributed by atoms with Crippen molar-refractivity contribution in [3.8, 4) is 17.2 Å². The molecule has 1 atom stereocenters. The smallest absolute Gasteiger partial charge is 0.203 e. The molecule has 30 heavy (non-hydrogen) atoms. The zero-order chi connectivity index (χ0) is 21.3. The van der Waals surface area contributed by atoms with Crippen LogP contribution in [0.2, 0.25) is 0 Å². The van der Waals surface area contributed by atoms with E-state index in [1.807, 2.05) is 18.2 Å². The first-order chi connectivity index (χ1) is 14.6. The largest absolute Gasteiger partial charge is 0.493 e. The van der Waals surface area contributed by atoms with Crippen molar-refractivity contribution in [3.05, 3.63) is 48.0 Å². The van der Waals surface area contributed by atoms with E-state index in [0.29, 0.717) is 37.0 Å². The van der Waals surface area contributed by atoms with E-state index in [1.54, 1.807) is 21.3 Å². The molecular formula is C23H33N2O5+. The van der Waals surface area contributed by atoms with Crippen molar-refractivity contribution in [2.45, 2.75) is 12.7 Å². The molecule has 1 saturated heterocycles. The molecule has 0 radical (unpaired) electrons. The van der Waals surface area contributed by atoms with E-state index in [-0.39, 0.29) is 0 Å². The Labute approximate surface area is 178 Å². The second kappa shape index (κ2) is 11.1. The van der Waals surface area contributed by atoms with Crippen molar-refractivity contribution in [3.63, 3.8) is 0 Å². The number of anilines is 1. The minimum Gasteiger partial charge on any atom is -0.493 e. The first-order valence-corrected chi connectivity index (χ1v) is 10.3. The van der Waals surface area contributed by atoms with Gasteiger partial charge in [-0.15, -0.1) is 0 Å². The number of aliphatic hydroxyl groups is 1. The van der Waals surface area contributed by atoms with Gasteiger partial charge in [-0.2, -0.15) is 0 Å². The van der Waals surface area contributed by atoms with E-state index in [9.17, 15) is 5.11 Å². The highest BCUT2D eigenvalue weighted by Gasteiger charge is 2.22. The van der Waals surface area contributed by atoms with Crippen molar-refractivity contribution < 1.29 is 29.0 Å². The van der Waals surface area contributed by atoms with Crippen LogP contribution in [0.25, 0.3) is 0 Å². The van der Waals surface area contributed by atoms with Crippen LogP contribution in [0.1, 0.15) is 5.56 Å². The van der Waals surface area contributed by atoms with Gasteiger partial charge in [-0.05, 0) is 29.8 Å². The number of hydrogen-bond acceptors (Lipinski definition) is 6. The van der Waals surface area contributed by atoms with Gasteiger partial charge in [0.1, 0.15) is 12.6 Å². The van der Waals surface area contributed by atoms with Crippen LogP contribution >= 0.6 is 0 Å². The first kappa shape index (κ1) is 22.2. The molecule has 1 aliphatic heterocycles. The molecule has 0 aliphatic carbocycles. The predicted octanol–water partition coefficient (Wildman–Crippen LogP) is 0.995. The Morgan fingerprint density at radius 1 is 0.967 bits per heavy atom. The van der Waals surface area contributed by atoms with Gasteiger partial charge < -0.3 is 33.9 Å². The normalized spacial score (nSPS) is 15.7. The Morgan fingerprint density at radius 2 is 1.60 bits per heavy atom. The summed E-state index contributed by atoms with van der Waals surface area (Å²) in [5.74, 6) is 1.75. The van der Waals surface area contributed by atoms with Crippen molar-refractivity contribution in [1.82, 2.24) is 0 Å². The van der Waals surface area contributed by atoms with Crippen LogP contribution in [0.5, 0.6) is 17.2 Å². The van der Waals surface area contributed by atoms with Gasteiger partial charge in [0.2, 0.25) is 5.75 Å². The molecule has 0 aromatic heterocycles. The number of methoxy groups -OCH3 is 3. The monoisotopic (exact) mass is 417 g/mol. The molecule has 2 aromatic carbocycles. The zero-order valence-corrected chi connectivity index (χ0v) is 18.1. The maximum atomic E-state index is 10.4. The van der Waals surface area contributed by atoms with Gasteiger partial charge in [-0.3, -0.25) is 0 Å². The predicted molar refractivity (Wildman–Crippen MR) is 116 cm³/mol. The van der Waals surface area contributed by atoms with E-state index >= 15 is 0 Å². The molecule has 0 amide bonds. The topological polar surface area (TPSA) is 64.8 Å². The summed E-state index contributed by atoms with van der Waals surface area (Å²) in [5, 5.41) is 10.4. The fourth-order valence-corrected chi connectivity index (χ4v) is 3.85. The third-order valence-corrected chi connectivity index (χ3v) is 5.42. The number of nitrogens with one attached hydrogen (secondary N) is 1. The first-order valence-electron chi connectivity index (χ1n) is 10.3. The lowest BCUT2D eigenvalue weighted by atomic mass is 10.2. The summed E-state index contributed by atoms with van der Waals surface area (Å²) in [4.78, 5) is 3.81. The molecular weight excluding hydrogens is 384 g/mol. The highest BCUT2D eigenvalue weighted by molar-refractivity contribution is 5.53. The molecule has 7 nitrogen and oxygen atoms in total. The number of para-hydroxylation sites is 1. The van der Waals surface area contributed by atoms with Crippen LogP contribution in [0.3, 0.4) is 0 Å². The number of benzene rings is 2. The standard InChI is InChI=1S/C23H32N2O5/c1-27-21-13-18(14-22(28-2)23(21)29-3)16-30-17-20(26)15-24-9-11-25(12-10-24)19-7-5-4-6-8-19/h4-8,13-14,20,26H,9-12,15-17H2,1-3H3/p+1/t20-/m1/s1. The fraction of sp³-hybridized carbons (Fsp3) is 0.478. The maximum Gasteiger partial charge on any atom is 0.203 e. The Kier molecular flexibility index (Phi) is 8.19. The highest BCUT2D eigenvalue weighted by Crippen LogP contribution is 2.38. The molecule has 2 N–H and O–H groups in total. The highest BCUT2D eigenvalue weighted by atomic mass is 16.5. The Morgan fingerprint density at radius 3 is 2.17 bits per heavy atom. The number of hydrogen-bond donors (Lipinski definition) is 2. The summed E-state index contributed by atoms with van der Waals surface area (Å²) < 4.78 is 21.8. The molecule has 2 aromatic rings. The number of aliphatic hydroxyl groups excluding tert-OH is 1. The van der Waals surface area contributed by atoms with Crippen LogP contribution in [-0.4, -0.2) is 71.9 Å². The second-order valence-electron chi connectivity index (χ2n) is 7.48. The van der Waals surface area contributed by atoms with Gasteiger partial charge in [-0.1, -0.05) is 18.2 Å². The maximum absolute atomic E-state index is 10.4. The number of piperazine rings is 1. The molecule has 0 unspecified atom stereocenters. The molecule has 1 fully saturated rings. The molecule has 1 aliphatic rings. The van der Waals surface area contributed by atoms with Crippen molar-refractivity contribution in [2.24, 2.45) is 0 Å². The van der Waals surface area contributed by atoms with E-state index in [2.05, 4.69) is 29.2 Å². The van der Waals surface area contributed by atoms with Crippen LogP contribution in [0.15, 0.2) is 42.5 Å².